The SMILES string of the molecule is Cc1ccccc1C(C(=O)NC1CCCC1)N(C(=O)CNC(=O)c1ccco1)c1cccc(C)c1C. The number of hydrogen-bond donors (Lipinski definition) is 2. The number of aryl methyl sites for hydroxylation is 2. The van der Waals surface area contributed by atoms with Crippen LogP contribution in [0.25, 0.3) is 0 Å². The van der Waals surface area contributed by atoms with Crippen LogP contribution in [0.15, 0.2) is 65.3 Å². The molecule has 1 saturated carbocycles. The lowest BCUT2D eigenvalue weighted by Gasteiger charge is -2.34. The molecule has 188 valence electrons. The number of amides is 3. The smallest absolute Gasteiger partial charge is 0.287 e. The second-order valence-corrected chi connectivity index (χ2v) is 9.39. The summed E-state index contributed by atoms with van der Waals surface area (Å²) < 4.78 is 5.15. The molecular weight excluding hydrogens is 454 g/mol. The Bertz CT molecular complexity index is 1230. The molecule has 1 heterocycles. The maximum Gasteiger partial charge on any atom is 0.287 e. The lowest BCUT2D eigenvalue weighted by atomic mass is 9.96. The molecule has 0 aliphatic heterocycles. The summed E-state index contributed by atoms with van der Waals surface area (Å²) in [6.07, 6.45) is 5.43. The molecule has 1 aliphatic rings. The molecule has 1 aliphatic carbocycles. The van der Waals surface area contributed by atoms with Crippen LogP contribution in [0.5, 0.6) is 0 Å². The van der Waals surface area contributed by atoms with E-state index in [4.69, 9.17) is 4.42 Å². The van der Waals surface area contributed by atoms with Crippen molar-refractivity contribution in [3.05, 3.63) is 88.9 Å². The van der Waals surface area contributed by atoms with Crippen molar-refractivity contribution in [2.75, 3.05) is 11.4 Å². The third-order valence-corrected chi connectivity index (χ3v) is 6.94. The van der Waals surface area contributed by atoms with Crippen LogP contribution in [0, 0.1) is 20.8 Å². The lowest BCUT2D eigenvalue weighted by molar-refractivity contribution is -0.126. The number of carbonyl (C=O) groups excluding carboxylic acids is 3. The molecule has 36 heavy (non-hydrogen) atoms. The standard InChI is InChI=1S/C29H33N3O4/c1-19-11-8-15-24(21(19)3)32(26(33)18-30-28(34)25-16-9-17-36-25)27(23-14-7-4-10-20(23)2)29(35)31-22-12-5-6-13-22/h4,7-11,14-17,22,27H,5-6,12-13,18H2,1-3H3,(H,30,34)(H,31,35). The molecule has 1 unspecified atom stereocenters. The quantitative estimate of drug-likeness (QED) is 0.479. The zero-order valence-electron chi connectivity index (χ0n) is 21.0. The number of furan rings is 1. The van der Waals surface area contributed by atoms with E-state index >= 15 is 0 Å². The van der Waals surface area contributed by atoms with Crippen LogP contribution in [0.3, 0.4) is 0 Å². The first kappa shape index (κ1) is 25.2. The molecule has 1 fully saturated rings. The summed E-state index contributed by atoms with van der Waals surface area (Å²) in [4.78, 5) is 41.8. The third-order valence-electron chi connectivity index (χ3n) is 6.94. The number of benzene rings is 2. The Morgan fingerprint density at radius 2 is 1.67 bits per heavy atom. The van der Waals surface area contributed by atoms with E-state index in [2.05, 4.69) is 10.6 Å². The van der Waals surface area contributed by atoms with Crippen LogP contribution < -0.4 is 15.5 Å². The molecule has 2 N–H and O–H groups in total. The van der Waals surface area contributed by atoms with Crippen LogP contribution in [0.1, 0.15) is 64.5 Å². The molecule has 2 aromatic carbocycles. The van der Waals surface area contributed by atoms with Gasteiger partial charge in [0, 0.05) is 11.7 Å². The molecule has 0 bridgehead atoms. The minimum Gasteiger partial charge on any atom is -0.459 e. The number of carbonyl (C=O) groups is 3. The van der Waals surface area contributed by atoms with Crippen molar-refractivity contribution >= 4 is 23.4 Å². The zero-order valence-corrected chi connectivity index (χ0v) is 21.0. The number of rotatable bonds is 8. The topological polar surface area (TPSA) is 91.7 Å². The van der Waals surface area contributed by atoms with Gasteiger partial charge in [-0.25, -0.2) is 0 Å². The van der Waals surface area contributed by atoms with Gasteiger partial charge in [-0.15, -0.1) is 0 Å². The summed E-state index contributed by atoms with van der Waals surface area (Å²) in [7, 11) is 0. The van der Waals surface area contributed by atoms with E-state index in [1.165, 1.54) is 17.2 Å². The first-order valence-electron chi connectivity index (χ1n) is 12.4. The van der Waals surface area contributed by atoms with E-state index in [-0.39, 0.29) is 24.3 Å². The van der Waals surface area contributed by atoms with Crippen LogP contribution in [-0.4, -0.2) is 30.3 Å². The molecule has 0 radical (unpaired) electrons. The summed E-state index contributed by atoms with van der Waals surface area (Å²) in [6, 6.07) is 15.7. The van der Waals surface area contributed by atoms with E-state index in [9.17, 15) is 14.4 Å². The predicted octanol–water partition coefficient (Wildman–Crippen LogP) is 4.77. The van der Waals surface area contributed by atoms with Crippen LogP contribution in [0.4, 0.5) is 5.69 Å². The zero-order chi connectivity index (χ0) is 25.7. The molecule has 7 nitrogen and oxygen atoms in total. The van der Waals surface area contributed by atoms with Crippen molar-refractivity contribution in [2.24, 2.45) is 0 Å². The van der Waals surface area contributed by atoms with E-state index in [0.29, 0.717) is 5.69 Å². The van der Waals surface area contributed by atoms with Crippen molar-refractivity contribution < 1.29 is 18.8 Å². The Hall–Kier alpha value is -3.87. The summed E-state index contributed by atoms with van der Waals surface area (Å²) in [6.45, 7) is 5.57. The average Bonchev–Trinajstić information content (AvgIpc) is 3.58. The summed E-state index contributed by atoms with van der Waals surface area (Å²) in [5, 5.41) is 5.84. The highest BCUT2D eigenvalue weighted by Crippen LogP contribution is 2.33. The van der Waals surface area contributed by atoms with Crippen molar-refractivity contribution in [2.45, 2.75) is 58.5 Å². The lowest BCUT2D eigenvalue weighted by Crippen LogP contribution is -2.49. The maximum atomic E-state index is 13.9. The van der Waals surface area contributed by atoms with Gasteiger partial charge in [0.05, 0.1) is 12.8 Å². The highest BCUT2D eigenvalue weighted by Gasteiger charge is 2.36. The molecule has 1 atom stereocenters. The molecule has 0 saturated heterocycles. The van der Waals surface area contributed by atoms with Gasteiger partial charge in [0.15, 0.2) is 5.76 Å². The van der Waals surface area contributed by atoms with Gasteiger partial charge in [-0.3, -0.25) is 19.3 Å². The normalized spacial score (nSPS) is 14.3. The Labute approximate surface area is 211 Å². The van der Waals surface area contributed by atoms with Crippen LogP contribution >= 0.6 is 0 Å². The fourth-order valence-corrected chi connectivity index (χ4v) is 4.79. The maximum absolute atomic E-state index is 13.9. The van der Waals surface area contributed by atoms with Crippen molar-refractivity contribution in [1.82, 2.24) is 10.6 Å². The van der Waals surface area contributed by atoms with Gasteiger partial charge in [0.2, 0.25) is 11.8 Å². The minimum atomic E-state index is -0.889. The van der Waals surface area contributed by atoms with E-state index in [1.807, 2.05) is 63.2 Å². The van der Waals surface area contributed by atoms with Crippen LogP contribution in [-0.2, 0) is 9.59 Å². The molecule has 7 heteroatoms. The van der Waals surface area contributed by atoms with Gasteiger partial charge in [-0.05, 0) is 74.1 Å². The van der Waals surface area contributed by atoms with Gasteiger partial charge in [-0.1, -0.05) is 49.2 Å². The predicted molar refractivity (Wildman–Crippen MR) is 139 cm³/mol. The van der Waals surface area contributed by atoms with Crippen molar-refractivity contribution in [3.8, 4) is 0 Å². The van der Waals surface area contributed by atoms with Crippen molar-refractivity contribution in [3.63, 3.8) is 0 Å². The van der Waals surface area contributed by atoms with Gasteiger partial charge < -0.3 is 15.1 Å². The summed E-state index contributed by atoms with van der Waals surface area (Å²) in [5.41, 5.74) is 4.20. The largest absolute Gasteiger partial charge is 0.459 e. The fourth-order valence-electron chi connectivity index (χ4n) is 4.79. The monoisotopic (exact) mass is 487 g/mol. The fraction of sp³-hybridized carbons (Fsp3) is 0.345. The third kappa shape index (κ3) is 5.51. The highest BCUT2D eigenvalue weighted by molar-refractivity contribution is 6.04. The first-order valence-corrected chi connectivity index (χ1v) is 12.4. The number of nitrogens with one attached hydrogen (secondary N) is 2. The molecule has 3 amide bonds. The number of hydrogen-bond acceptors (Lipinski definition) is 4. The number of anilines is 1. The Kier molecular flexibility index (Phi) is 7.88. The second-order valence-electron chi connectivity index (χ2n) is 9.39. The van der Waals surface area contributed by atoms with Gasteiger partial charge in [-0.2, -0.15) is 0 Å². The molecule has 1 aromatic heterocycles. The van der Waals surface area contributed by atoms with Gasteiger partial charge in [0.25, 0.3) is 5.91 Å². The molecule has 4 rings (SSSR count). The second kappa shape index (κ2) is 11.2. The van der Waals surface area contributed by atoms with E-state index < -0.39 is 17.9 Å². The molecular formula is C29H33N3O4. The van der Waals surface area contributed by atoms with E-state index in [1.54, 1.807) is 6.07 Å². The van der Waals surface area contributed by atoms with Gasteiger partial charge >= 0.3 is 0 Å². The Balaban J connectivity index is 1.74. The first-order chi connectivity index (χ1) is 17.4. The Morgan fingerprint density at radius 1 is 0.944 bits per heavy atom. The summed E-state index contributed by atoms with van der Waals surface area (Å²) >= 11 is 0. The average molecular weight is 488 g/mol. The number of nitrogens with zero attached hydrogens (tertiary/aromatic N) is 1. The summed E-state index contributed by atoms with van der Waals surface area (Å²) in [5.74, 6) is -0.978. The highest BCUT2D eigenvalue weighted by atomic mass is 16.3. The van der Waals surface area contributed by atoms with Crippen molar-refractivity contribution in [1.29, 1.82) is 0 Å². The molecule has 0 spiro atoms. The minimum absolute atomic E-state index is 0.0956. The van der Waals surface area contributed by atoms with Crippen LogP contribution in [0.2, 0.25) is 0 Å². The van der Waals surface area contributed by atoms with Gasteiger partial charge in [0.1, 0.15) is 6.04 Å². The Morgan fingerprint density at radius 3 is 2.36 bits per heavy atom. The van der Waals surface area contributed by atoms with E-state index in [0.717, 1.165) is 47.9 Å². The molecule has 3 aromatic rings.